The molecule has 0 aliphatic carbocycles. The first-order chi connectivity index (χ1) is 9.70. The summed E-state index contributed by atoms with van der Waals surface area (Å²) >= 11 is 3.63. The van der Waals surface area contributed by atoms with E-state index < -0.39 is 0 Å². The van der Waals surface area contributed by atoms with Gasteiger partial charge in [0.1, 0.15) is 5.75 Å². The zero-order valence-corrected chi connectivity index (χ0v) is 13.6. The van der Waals surface area contributed by atoms with E-state index in [-0.39, 0.29) is 17.2 Å². The Kier molecular flexibility index (Phi) is 6.10. The average Bonchev–Trinajstić information content (AvgIpc) is 2.49. The Balaban J connectivity index is 1.89. The molecule has 20 heavy (non-hydrogen) atoms. The summed E-state index contributed by atoms with van der Waals surface area (Å²) in [5.74, 6) is 4.17. The molecule has 0 saturated carbocycles. The van der Waals surface area contributed by atoms with E-state index in [0.717, 1.165) is 28.6 Å². The van der Waals surface area contributed by atoms with Crippen molar-refractivity contribution in [2.75, 3.05) is 23.9 Å². The number of thioether (sulfide) groups is 2. The minimum absolute atomic E-state index is 0.0331. The predicted molar refractivity (Wildman–Crippen MR) is 87.7 cm³/mol. The quantitative estimate of drug-likeness (QED) is 0.907. The van der Waals surface area contributed by atoms with Gasteiger partial charge in [-0.25, -0.2) is 0 Å². The largest absolute Gasteiger partial charge is 0.494 e. The molecule has 2 atom stereocenters. The van der Waals surface area contributed by atoms with E-state index >= 15 is 0 Å². The minimum atomic E-state index is 0.0331. The second-order valence-corrected chi connectivity index (χ2v) is 7.13. The molecule has 3 nitrogen and oxygen atoms in total. The zero-order chi connectivity index (χ0) is 14.4. The number of amides is 1. The molecule has 1 heterocycles. The molecular formula is C15H21NO2S2. The number of rotatable bonds is 5. The summed E-state index contributed by atoms with van der Waals surface area (Å²) in [4.78, 5) is 12.2. The van der Waals surface area contributed by atoms with Gasteiger partial charge in [-0.2, -0.15) is 11.8 Å². The number of benzene rings is 1. The molecule has 1 aliphatic rings. The van der Waals surface area contributed by atoms with Crippen LogP contribution in [0.1, 0.15) is 25.5 Å². The number of hydrogen-bond donors (Lipinski definition) is 1. The molecule has 0 bridgehead atoms. The maximum absolute atomic E-state index is 12.2. The highest BCUT2D eigenvalue weighted by molar-refractivity contribution is 8.07. The second kappa shape index (κ2) is 7.84. The molecule has 1 aliphatic heterocycles. The molecule has 5 heteroatoms. The highest BCUT2D eigenvalue weighted by atomic mass is 32.2. The van der Waals surface area contributed by atoms with Gasteiger partial charge in [0.25, 0.3) is 0 Å². The van der Waals surface area contributed by atoms with E-state index in [0.29, 0.717) is 6.61 Å². The third-order valence-electron chi connectivity index (χ3n) is 3.16. The standard InChI is InChI=1S/C15H21NO2S2/c1-3-18-13-6-4-12(5-7-13)11(2)16-15(17)14-10-19-8-9-20-14/h4-7,11,14H,3,8-10H2,1-2H3,(H,16,17). The van der Waals surface area contributed by atoms with E-state index in [1.165, 1.54) is 0 Å². The average molecular weight is 311 g/mol. The van der Waals surface area contributed by atoms with Crippen LogP contribution in [-0.2, 0) is 4.79 Å². The van der Waals surface area contributed by atoms with Gasteiger partial charge in [-0.15, -0.1) is 11.8 Å². The lowest BCUT2D eigenvalue weighted by Gasteiger charge is -2.23. The third-order valence-corrected chi connectivity index (χ3v) is 5.91. The first-order valence-corrected chi connectivity index (χ1v) is 9.13. The van der Waals surface area contributed by atoms with Crippen LogP contribution in [0.25, 0.3) is 0 Å². The van der Waals surface area contributed by atoms with Gasteiger partial charge in [0.15, 0.2) is 0 Å². The number of ether oxygens (including phenoxy) is 1. The fraction of sp³-hybridized carbons (Fsp3) is 0.533. The van der Waals surface area contributed by atoms with Crippen molar-refractivity contribution in [3.63, 3.8) is 0 Å². The Morgan fingerprint density at radius 2 is 2.15 bits per heavy atom. The molecule has 110 valence electrons. The Morgan fingerprint density at radius 3 is 2.75 bits per heavy atom. The van der Waals surface area contributed by atoms with Crippen LogP contribution in [0.3, 0.4) is 0 Å². The van der Waals surface area contributed by atoms with Crippen LogP contribution >= 0.6 is 23.5 Å². The van der Waals surface area contributed by atoms with Crippen molar-refractivity contribution >= 4 is 29.4 Å². The van der Waals surface area contributed by atoms with Crippen molar-refractivity contribution in [2.24, 2.45) is 0 Å². The Morgan fingerprint density at radius 1 is 1.40 bits per heavy atom. The van der Waals surface area contributed by atoms with E-state index in [9.17, 15) is 4.79 Å². The molecule has 2 rings (SSSR count). The van der Waals surface area contributed by atoms with Crippen molar-refractivity contribution < 1.29 is 9.53 Å². The van der Waals surface area contributed by atoms with Gasteiger partial charge < -0.3 is 10.1 Å². The SMILES string of the molecule is CCOc1ccc(C(C)NC(=O)C2CSCCS2)cc1. The van der Waals surface area contributed by atoms with Gasteiger partial charge in [0.2, 0.25) is 5.91 Å². The van der Waals surface area contributed by atoms with Gasteiger partial charge in [-0.05, 0) is 31.5 Å². The first kappa shape index (κ1) is 15.6. The fourth-order valence-corrected chi connectivity index (χ4v) is 4.61. The van der Waals surface area contributed by atoms with Gasteiger partial charge >= 0.3 is 0 Å². The summed E-state index contributed by atoms with van der Waals surface area (Å²) in [6, 6.07) is 7.96. The lowest BCUT2D eigenvalue weighted by molar-refractivity contribution is -0.120. The Hall–Kier alpha value is -0.810. The topological polar surface area (TPSA) is 38.3 Å². The van der Waals surface area contributed by atoms with Crippen LogP contribution in [0, 0.1) is 0 Å². The van der Waals surface area contributed by atoms with E-state index in [1.54, 1.807) is 11.8 Å². The van der Waals surface area contributed by atoms with Crippen molar-refractivity contribution in [3.05, 3.63) is 29.8 Å². The number of carbonyl (C=O) groups is 1. The Labute approximate surface area is 129 Å². The molecule has 0 radical (unpaired) electrons. The van der Waals surface area contributed by atoms with Crippen molar-refractivity contribution in [2.45, 2.75) is 25.1 Å². The smallest absolute Gasteiger partial charge is 0.234 e. The van der Waals surface area contributed by atoms with Crippen LogP contribution in [0.15, 0.2) is 24.3 Å². The number of carbonyl (C=O) groups excluding carboxylic acids is 1. The maximum Gasteiger partial charge on any atom is 0.234 e. The fourth-order valence-electron chi connectivity index (χ4n) is 2.05. The molecule has 0 spiro atoms. The molecule has 1 N–H and O–H groups in total. The predicted octanol–water partition coefficient (Wildman–Crippen LogP) is 3.11. The zero-order valence-electron chi connectivity index (χ0n) is 11.9. The molecule has 2 unspecified atom stereocenters. The summed E-state index contributed by atoms with van der Waals surface area (Å²) in [6.45, 7) is 4.66. The van der Waals surface area contributed by atoms with E-state index in [4.69, 9.17) is 4.74 Å². The van der Waals surface area contributed by atoms with Gasteiger partial charge in [-0.1, -0.05) is 12.1 Å². The molecule has 0 aromatic heterocycles. The van der Waals surface area contributed by atoms with Crippen LogP contribution in [0.4, 0.5) is 0 Å². The summed E-state index contributed by atoms with van der Waals surface area (Å²) < 4.78 is 5.42. The molecular weight excluding hydrogens is 290 g/mol. The molecule has 1 amide bonds. The van der Waals surface area contributed by atoms with Gasteiger partial charge in [0, 0.05) is 17.3 Å². The van der Waals surface area contributed by atoms with Gasteiger partial charge in [-0.3, -0.25) is 4.79 Å². The number of nitrogens with one attached hydrogen (secondary N) is 1. The van der Waals surface area contributed by atoms with E-state index in [1.807, 2.05) is 49.9 Å². The summed E-state index contributed by atoms with van der Waals surface area (Å²) in [5.41, 5.74) is 1.11. The highest BCUT2D eigenvalue weighted by Crippen LogP contribution is 2.25. The third kappa shape index (κ3) is 4.35. The lowest BCUT2D eigenvalue weighted by atomic mass is 10.1. The first-order valence-electron chi connectivity index (χ1n) is 6.93. The highest BCUT2D eigenvalue weighted by Gasteiger charge is 2.23. The van der Waals surface area contributed by atoms with Crippen molar-refractivity contribution in [3.8, 4) is 5.75 Å². The van der Waals surface area contributed by atoms with Crippen LogP contribution in [0.5, 0.6) is 5.75 Å². The van der Waals surface area contributed by atoms with Crippen LogP contribution < -0.4 is 10.1 Å². The van der Waals surface area contributed by atoms with Crippen molar-refractivity contribution in [1.82, 2.24) is 5.32 Å². The molecule has 1 fully saturated rings. The monoisotopic (exact) mass is 311 g/mol. The van der Waals surface area contributed by atoms with E-state index in [2.05, 4.69) is 5.32 Å². The summed E-state index contributed by atoms with van der Waals surface area (Å²) in [5, 5.41) is 3.20. The number of hydrogen-bond acceptors (Lipinski definition) is 4. The summed E-state index contributed by atoms with van der Waals surface area (Å²) in [7, 11) is 0. The van der Waals surface area contributed by atoms with Crippen LogP contribution in [0.2, 0.25) is 0 Å². The van der Waals surface area contributed by atoms with Crippen LogP contribution in [-0.4, -0.2) is 35.0 Å². The molecule has 1 saturated heterocycles. The second-order valence-electron chi connectivity index (χ2n) is 4.67. The maximum atomic E-state index is 12.2. The molecule has 1 aromatic rings. The normalized spacial score (nSPS) is 20.2. The summed E-state index contributed by atoms with van der Waals surface area (Å²) in [6.07, 6.45) is 0. The lowest BCUT2D eigenvalue weighted by Crippen LogP contribution is -2.37. The molecule has 1 aromatic carbocycles. The van der Waals surface area contributed by atoms with Gasteiger partial charge in [0.05, 0.1) is 17.9 Å². The van der Waals surface area contributed by atoms with Crippen molar-refractivity contribution in [1.29, 1.82) is 0 Å². The minimum Gasteiger partial charge on any atom is -0.494 e. The Bertz CT molecular complexity index is 430.